The number of likely N-dealkylation sites (tertiary alicyclic amines) is 1. The summed E-state index contributed by atoms with van der Waals surface area (Å²) < 4.78 is 28.7. The average Bonchev–Trinajstić information content (AvgIpc) is 1.62. The van der Waals surface area contributed by atoms with Gasteiger partial charge in [0.05, 0.1) is 106 Å². The highest BCUT2D eigenvalue weighted by atomic mass is 79.9. The van der Waals surface area contributed by atoms with E-state index in [2.05, 4.69) is 68.4 Å². The largest absolute Gasteiger partial charge is 0.465 e. The van der Waals surface area contributed by atoms with Crippen molar-refractivity contribution >= 4 is 97.0 Å². The fourth-order valence-corrected chi connectivity index (χ4v) is 14.1. The predicted molar refractivity (Wildman–Crippen MR) is 400 cm³/mol. The molecule has 0 unspecified atom stereocenters. The predicted octanol–water partition coefficient (Wildman–Crippen LogP) is 5.72. The normalized spacial score (nSPS) is 16.8. The molecule has 12 atom stereocenters. The quantitative estimate of drug-likeness (QED) is 0.0145. The standard InChI is InChI=1S/C74H110Br2N12O18/c1-14-45(8)63(55(102-12)38-57(90)86-30-19-23-54(86)66(103-13)46(9)67(93)79-47(10)64(91)49-20-16-15-17-21-49)85(11)70(96)59(43(4)5)84-69(95)62(44(6)7)87(74(100)101)31-28-48-24-26-50(27-25-48)65(92)51(22-18-29-78-73(77)99)82-68(94)58(42(2)3)83-56(89)41-106-37-36-105-35-34-104-33-32-88-71(97)60-61(72(88)98)81-53(40-76)52(39-75)80-60/h15-17,20-21,24-27,42-47,51,54-55,58-59,62-64,66,91H,14,18-19,22-23,28-41H2,1-13H3,(H,79,93)(H,82,94)(H,83,89)(H,84,95)(H,100,101)(H3,77,78,99)/t45-,46+,47+,51-,54-,55+,58-,59-,62-,63-,64+,66+/m0/s1. The van der Waals surface area contributed by atoms with Gasteiger partial charge in [0.15, 0.2) is 17.2 Å². The van der Waals surface area contributed by atoms with Crippen LogP contribution in [0, 0.1) is 29.6 Å². The molecule has 106 heavy (non-hydrogen) atoms. The van der Waals surface area contributed by atoms with Gasteiger partial charge >= 0.3 is 12.1 Å². The minimum atomic E-state index is -1.39. The second kappa shape index (κ2) is 44.0. The summed E-state index contributed by atoms with van der Waals surface area (Å²) in [5.74, 6) is -7.08. The molecule has 30 nitrogen and oxygen atoms in total. The van der Waals surface area contributed by atoms with Gasteiger partial charge in [-0.15, -0.1) is 0 Å². The number of hydrogen-bond donors (Lipinski definition) is 8. The van der Waals surface area contributed by atoms with Crippen molar-refractivity contribution in [2.45, 2.75) is 185 Å². The number of likely N-dealkylation sites (N-methyl/N-ethyl adjacent to an activating group) is 1. The van der Waals surface area contributed by atoms with Gasteiger partial charge in [0.1, 0.15) is 24.7 Å². The van der Waals surface area contributed by atoms with Gasteiger partial charge in [0.2, 0.25) is 35.4 Å². The number of ether oxygens (including phenoxy) is 5. The molecule has 1 saturated heterocycles. The van der Waals surface area contributed by atoms with E-state index in [0.717, 1.165) is 9.80 Å². The van der Waals surface area contributed by atoms with Crippen LogP contribution in [0.1, 0.15) is 168 Å². The molecular weight excluding hydrogens is 1500 g/mol. The minimum absolute atomic E-state index is 0.000946. The highest BCUT2D eigenvalue weighted by Gasteiger charge is 2.45. The summed E-state index contributed by atoms with van der Waals surface area (Å²) in [6.45, 7) is 18.0. The number of alkyl halides is 2. The summed E-state index contributed by atoms with van der Waals surface area (Å²) >= 11 is 6.66. The second-order valence-corrected chi connectivity index (χ2v) is 29.0. The van der Waals surface area contributed by atoms with Crippen molar-refractivity contribution in [3.8, 4) is 0 Å². The van der Waals surface area contributed by atoms with Crippen LogP contribution in [0.4, 0.5) is 9.59 Å². The number of aliphatic hydroxyl groups is 1. The number of imide groups is 1. The highest BCUT2D eigenvalue weighted by molar-refractivity contribution is 9.09. The Morgan fingerprint density at radius 3 is 1.86 bits per heavy atom. The summed E-state index contributed by atoms with van der Waals surface area (Å²) in [7, 11) is 4.59. The fraction of sp³-hybridized carbons (Fsp3) is 0.635. The Balaban J connectivity index is 1.16. The van der Waals surface area contributed by atoms with Crippen LogP contribution in [0.15, 0.2) is 54.6 Å². The maximum absolute atomic E-state index is 14.9. The van der Waals surface area contributed by atoms with Crippen LogP contribution in [-0.4, -0.2) is 247 Å². The van der Waals surface area contributed by atoms with Crippen LogP contribution in [-0.2, 0) is 69.5 Å². The van der Waals surface area contributed by atoms with Crippen molar-refractivity contribution in [2.75, 3.05) is 87.1 Å². The van der Waals surface area contributed by atoms with Crippen LogP contribution in [0.3, 0.4) is 0 Å². The number of Topliss-reactive ketones (excluding diaryl/α,β-unsaturated/α-hetero) is 1. The number of carbonyl (C=O) groups is 11. The number of amides is 11. The number of fused-ring (bicyclic) bond motifs is 1. The topological polar surface area (TPSA) is 399 Å². The number of nitrogens with two attached hydrogens (primary N) is 1. The molecule has 11 amide bonds. The molecule has 1 fully saturated rings. The number of nitrogens with one attached hydrogen (secondary N) is 5. The Labute approximate surface area is 638 Å². The van der Waals surface area contributed by atoms with E-state index in [4.69, 9.17) is 29.4 Å². The number of primary amides is 1. The molecule has 32 heteroatoms. The molecule has 9 N–H and O–H groups in total. The number of halogens is 2. The first-order chi connectivity index (χ1) is 50.4. The Bertz CT molecular complexity index is 3390. The van der Waals surface area contributed by atoms with Gasteiger partial charge in [0, 0.05) is 57.1 Å². The number of nitrogens with zero attached hydrogens (tertiary/aromatic N) is 6. The molecule has 2 aromatic carbocycles. The summed E-state index contributed by atoms with van der Waals surface area (Å²) in [5, 5.41) is 36.2. The van der Waals surface area contributed by atoms with Gasteiger partial charge in [-0.1, -0.05) is 155 Å². The van der Waals surface area contributed by atoms with Gasteiger partial charge in [-0.25, -0.2) is 19.6 Å². The lowest BCUT2D eigenvalue weighted by atomic mass is 9.89. The third-order valence-corrected chi connectivity index (χ3v) is 20.4. The summed E-state index contributed by atoms with van der Waals surface area (Å²) in [4.78, 5) is 164. The molecule has 3 heterocycles. The first kappa shape index (κ1) is 89.0. The number of rotatable bonds is 46. The number of urea groups is 1. The van der Waals surface area contributed by atoms with E-state index < -0.39 is 144 Å². The number of carbonyl (C=O) groups excluding carboxylic acids is 10. The molecular formula is C74H110Br2N12O18. The van der Waals surface area contributed by atoms with E-state index >= 15 is 0 Å². The van der Waals surface area contributed by atoms with E-state index in [0.29, 0.717) is 59.0 Å². The van der Waals surface area contributed by atoms with Crippen LogP contribution in [0.25, 0.3) is 0 Å². The Hall–Kier alpha value is -7.59. The zero-order valence-corrected chi connectivity index (χ0v) is 66.4. The monoisotopic (exact) mass is 1610 g/mol. The molecule has 5 rings (SSSR count). The Morgan fingerprint density at radius 1 is 0.726 bits per heavy atom. The number of aromatic nitrogens is 2. The number of hydrogen-bond acceptors (Lipinski definition) is 19. The van der Waals surface area contributed by atoms with Gasteiger partial charge in [-0.2, -0.15) is 0 Å². The number of carboxylic acid groups (broad SMARTS) is 1. The van der Waals surface area contributed by atoms with E-state index in [9.17, 15) is 63.0 Å². The van der Waals surface area contributed by atoms with Crippen LogP contribution in [0.2, 0.25) is 0 Å². The van der Waals surface area contributed by atoms with Crippen LogP contribution in [0.5, 0.6) is 0 Å². The summed E-state index contributed by atoms with van der Waals surface area (Å²) in [6.07, 6.45) is -1.78. The maximum Gasteiger partial charge on any atom is 0.407 e. The molecule has 0 saturated carbocycles. The molecule has 2 aliphatic heterocycles. The van der Waals surface area contributed by atoms with Gasteiger partial charge in [-0.05, 0) is 73.8 Å². The van der Waals surface area contributed by atoms with Gasteiger partial charge in [0.25, 0.3) is 11.8 Å². The van der Waals surface area contributed by atoms with Crippen molar-refractivity contribution in [3.05, 3.63) is 94.1 Å². The number of aliphatic hydroxyl groups excluding tert-OH is 1. The summed E-state index contributed by atoms with van der Waals surface area (Å²) in [6, 6.07) is 8.15. The number of benzene rings is 2. The fourth-order valence-electron chi connectivity index (χ4n) is 13.2. The third kappa shape index (κ3) is 25.0. The molecule has 1 aromatic heterocycles. The van der Waals surface area contributed by atoms with E-state index in [1.165, 1.54) is 31.3 Å². The van der Waals surface area contributed by atoms with Crippen molar-refractivity contribution in [1.29, 1.82) is 0 Å². The lowest BCUT2D eigenvalue weighted by molar-refractivity contribution is -0.148. The van der Waals surface area contributed by atoms with Crippen molar-refractivity contribution in [2.24, 2.45) is 35.3 Å². The van der Waals surface area contributed by atoms with Crippen LogP contribution < -0.4 is 32.3 Å². The molecule has 0 radical (unpaired) electrons. The average molecular weight is 1620 g/mol. The Morgan fingerprint density at radius 2 is 1.32 bits per heavy atom. The number of methoxy groups -OCH3 is 2. The van der Waals surface area contributed by atoms with Gasteiger partial charge in [-0.3, -0.25) is 53.0 Å². The maximum atomic E-state index is 14.9. The minimum Gasteiger partial charge on any atom is -0.465 e. The summed E-state index contributed by atoms with van der Waals surface area (Å²) in [5.41, 5.74) is 7.84. The van der Waals surface area contributed by atoms with Crippen LogP contribution >= 0.6 is 31.9 Å². The van der Waals surface area contributed by atoms with Crippen molar-refractivity contribution in [3.63, 3.8) is 0 Å². The number of ketones is 1. The Kier molecular flexibility index (Phi) is 37.0. The molecule has 0 aliphatic carbocycles. The van der Waals surface area contributed by atoms with E-state index in [-0.39, 0.29) is 113 Å². The van der Waals surface area contributed by atoms with E-state index in [1.54, 1.807) is 91.6 Å². The lowest BCUT2D eigenvalue weighted by Gasteiger charge is -2.41. The molecule has 0 bridgehead atoms. The zero-order chi connectivity index (χ0) is 78.6. The lowest BCUT2D eigenvalue weighted by Crippen LogP contribution is -2.60. The molecule has 588 valence electrons. The first-order valence-electron chi connectivity index (χ1n) is 36.2. The molecule has 2 aliphatic rings. The van der Waals surface area contributed by atoms with Crippen molar-refractivity contribution in [1.82, 2.24) is 56.2 Å². The van der Waals surface area contributed by atoms with Gasteiger partial charge < -0.3 is 76.0 Å². The third-order valence-electron chi connectivity index (χ3n) is 19.3. The first-order valence-corrected chi connectivity index (χ1v) is 38.4. The molecule has 0 spiro atoms. The smallest absolute Gasteiger partial charge is 0.407 e. The second-order valence-electron chi connectivity index (χ2n) is 27.9. The zero-order valence-electron chi connectivity index (χ0n) is 63.2. The van der Waals surface area contributed by atoms with Crippen molar-refractivity contribution < 1.29 is 86.6 Å². The SMILES string of the molecule is CC[C@H](C)[C@@H]([C@@H](CC(=O)N1CCC[C@H]1[C@H](OC)[C@@H](C)C(=O)N[C@H](C)[C@@H](O)c1ccccc1)OC)N(C)C(=O)[C@@H](NC(=O)[C@H](C(C)C)N(CCc1ccc(C(=O)[C@H](CCCNC(N)=O)NC(=O)[C@@H](NC(=O)COCCOCCOCCN2C(=O)c3nc(CBr)c(CBr)nc3C2=O)C(C)C)cc1)C(=O)O)C(C)C. The highest BCUT2D eigenvalue weighted by Crippen LogP contribution is 2.31. The molecule has 3 aromatic rings. The van der Waals surface area contributed by atoms with E-state index in [1.807, 2.05) is 32.0 Å².